The van der Waals surface area contributed by atoms with Crippen molar-refractivity contribution >= 4 is 50.9 Å². The molecular weight excluding hydrogens is 587 g/mol. The molecule has 1 atom stereocenters. The molecule has 0 saturated heterocycles. The van der Waals surface area contributed by atoms with Crippen LogP contribution in [-0.2, 0) is 22.6 Å². The van der Waals surface area contributed by atoms with Crippen molar-refractivity contribution in [2.75, 3.05) is 6.61 Å². The van der Waals surface area contributed by atoms with E-state index in [1.54, 1.807) is 18.2 Å². The molecule has 0 saturated carbocycles. The van der Waals surface area contributed by atoms with Gasteiger partial charge in [0.2, 0.25) is 5.91 Å². The highest BCUT2D eigenvalue weighted by Gasteiger charge is 2.33. The Labute approximate surface area is 243 Å². The maximum absolute atomic E-state index is 13.8. The Kier molecular flexibility index (Phi) is 10.3. The molecule has 5 nitrogen and oxygen atoms in total. The zero-order valence-corrected chi connectivity index (χ0v) is 25.4. The van der Waals surface area contributed by atoms with Crippen LogP contribution >= 0.6 is 39.1 Å². The summed E-state index contributed by atoms with van der Waals surface area (Å²) < 4.78 is 6.93. The third-order valence-electron chi connectivity index (χ3n) is 5.93. The van der Waals surface area contributed by atoms with Gasteiger partial charge in [0.15, 0.2) is 6.61 Å². The van der Waals surface area contributed by atoms with Crippen molar-refractivity contribution in [3.05, 3.63) is 97.4 Å². The monoisotopic (exact) mass is 618 g/mol. The number of rotatable bonds is 9. The van der Waals surface area contributed by atoms with Crippen molar-refractivity contribution in [3.8, 4) is 5.75 Å². The average molecular weight is 620 g/mol. The van der Waals surface area contributed by atoms with Crippen LogP contribution in [0.15, 0.2) is 65.1 Å². The molecule has 8 heteroatoms. The lowest BCUT2D eigenvalue weighted by Crippen LogP contribution is -2.55. The quantitative estimate of drug-likeness (QED) is 0.273. The lowest BCUT2D eigenvalue weighted by Gasteiger charge is -2.34. The molecule has 0 aliphatic rings. The van der Waals surface area contributed by atoms with Gasteiger partial charge in [-0.3, -0.25) is 9.59 Å². The molecule has 0 spiro atoms. The van der Waals surface area contributed by atoms with Crippen molar-refractivity contribution in [1.29, 1.82) is 0 Å². The normalized spacial score (nSPS) is 12.1. The van der Waals surface area contributed by atoms with E-state index in [9.17, 15) is 9.59 Å². The first-order chi connectivity index (χ1) is 17.9. The Bertz CT molecular complexity index is 1250. The Morgan fingerprint density at radius 2 is 1.55 bits per heavy atom. The van der Waals surface area contributed by atoms with Gasteiger partial charge in [-0.15, -0.1) is 0 Å². The molecule has 0 radical (unpaired) electrons. The van der Waals surface area contributed by atoms with E-state index in [1.807, 2.05) is 77.1 Å². The molecule has 0 aliphatic heterocycles. The SMILES string of the molecule is Cc1cc(OCC(=O)N(Cc2c(Cl)cccc2Cl)[C@@H](Cc2ccccc2)C(=O)NC(C)(C)C)cc(C)c1Br. The number of halogens is 3. The fourth-order valence-corrected chi connectivity index (χ4v) is 4.82. The maximum atomic E-state index is 13.8. The molecule has 2 amide bonds. The minimum atomic E-state index is -0.826. The Hall–Kier alpha value is -2.54. The average Bonchev–Trinajstić information content (AvgIpc) is 2.84. The van der Waals surface area contributed by atoms with Crippen LogP contribution in [0.1, 0.15) is 43.0 Å². The number of hydrogen-bond donors (Lipinski definition) is 1. The molecule has 0 unspecified atom stereocenters. The van der Waals surface area contributed by atoms with Crippen LogP contribution < -0.4 is 10.1 Å². The topological polar surface area (TPSA) is 58.6 Å². The van der Waals surface area contributed by atoms with Crippen LogP contribution in [0.2, 0.25) is 10.0 Å². The molecule has 0 fully saturated rings. The molecule has 38 heavy (non-hydrogen) atoms. The van der Waals surface area contributed by atoms with Gasteiger partial charge in [-0.05, 0) is 75.6 Å². The molecule has 3 aromatic rings. The minimum absolute atomic E-state index is 0.0498. The second-order valence-electron chi connectivity index (χ2n) is 10.3. The summed E-state index contributed by atoms with van der Waals surface area (Å²) in [5, 5.41) is 3.88. The number of benzene rings is 3. The van der Waals surface area contributed by atoms with E-state index in [0.29, 0.717) is 27.8 Å². The van der Waals surface area contributed by atoms with E-state index in [1.165, 1.54) is 4.90 Å². The van der Waals surface area contributed by atoms with Gasteiger partial charge in [0, 0.05) is 38.6 Å². The lowest BCUT2D eigenvalue weighted by molar-refractivity contribution is -0.143. The van der Waals surface area contributed by atoms with Crippen LogP contribution in [0.5, 0.6) is 5.75 Å². The van der Waals surface area contributed by atoms with Crippen molar-refractivity contribution < 1.29 is 14.3 Å². The van der Waals surface area contributed by atoms with E-state index >= 15 is 0 Å². The summed E-state index contributed by atoms with van der Waals surface area (Å²) in [6.45, 7) is 9.44. The number of nitrogens with zero attached hydrogens (tertiary/aromatic N) is 1. The number of carbonyl (C=O) groups excluding carboxylic acids is 2. The number of aryl methyl sites for hydroxylation is 2. The summed E-state index contributed by atoms with van der Waals surface area (Å²) in [5.74, 6) is -0.0524. The van der Waals surface area contributed by atoms with E-state index in [-0.39, 0.29) is 25.0 Å². The fourth-order valence-electron chi connectivity index (χ4n) is 4.08. The standard InChI is InChI=1S/C30H33BrCl2N2O3/c1-19-14-22(15-20(2)28(19)31)38-18-27(36)35(17-23-24(32)12-9-13-25(23)33)26(29(37)34-30(3,4)5)16-21-10-7-6-8-11-21/h6-15,26H,16-18H2,1-5H3,(H,34,37)/t26-/m0/s1. The number of ether oxygens (including phenoxy) is 1. The minimum Gasteiger partial charge on any atom is -0.484 e. The first-order valence-corrected chi connectivity index (χ1v) is 13.9. The number of hydrogen-bond acceptors (Lipinski definition) is 3. The molecule has 0 aliphatic carbocycles. The van der Waals surface area contributed by atoms with E-state index in [4.69, 9.17) is 27.9 Å². The van der Waals surface area contributed by atoms with Gasteiger partial charge in [0.05, 0.1) is 0 Å². The highest BCUT2D eigenvalue weighted by Crippen LogP contribution is 2.29. The molecule has 202 valence electrons. The van der Waals surface area contributed by atoms with Crippen LogP contribution in [0, 0.1) is 13.8 Å². The molecular formula is C30H33BrCl2N2O3. The van der Waals surface area contributed by atoms with E-state index < -0.39 is 11.6 Å². The second-order valence-corrected chi connectivity index (χ2v) is 11.9. The van der Waals surface area contributed by atoms with Crippen molar-refractivity contribution in [1.82, 2.24) is 10.2 Å². The van der Waals surface area contributed by atoms with Gasteiger partial charge in [0.1, 0.15) is 11.8 Å². The van der Waals surface area contributed by atoms with Crippen molar-refractivity contribution in [3.63, 3.8) is 0 Å². The number of nitrogens with one attached hydrogen (secondary N) is 1. The molecule has 3 rings (SSSR count). The first kappa shape index (κ1) is 30.0. The van der Waals surface area contributed by atoms with Crippen molar-refractivity contribution in [2.45, 2.75) is 59.2 Å². The summed E-state index contributed by atoms with van der Waals surface area (Å²) >= 11 is 16.5. The van der Waals surface area contributed by atoms with Crippen LogP contribution in [0.3, 0.4) is 0 Å². The molecule has 0 heterocycles. The Balaban J connectivity index is 1.99. The molecule has 3 aromatic carbocycles. The fraction of sp³-hybridized carbons (Fsp3) is 0.333. The predicted molar refractivity (Wildman–Crippen MR) is 158 cm³/mol. The highest BCUT2D eigenvalue weighted by atomic mass is 79.9. The first-order valence-electron chi connectivity index (χ1n) is 12.3. The number of amides is 2. The predicted octanol–water partition coefficient (Wildman–Crippen LogP) is 7.31. The lowest BCUT2D eigenvalue weighted by atomic mass is 10.0. The van der Waals surface area contributed by atoms with Gasteiger partial charge in [-0.1, -0.05) is 75.5 Å². The zero-order chi connectivity index (χ0) is 28.0. The summed E-state index contributed by atoms with van der Waals surface area (Å²) in [6, 6.07) is 17.7. The van der Waals surface area contributed by atoms with E-state index in [2.05, 4.69) is 21.2 Å². The third-order valence-corrected chi connectivity index (χ3v) is 7.89. The molecule has 1 N–H and O–H groups in total. The zero-order valence-electron chi connectivity index (χ0n) is 22.3. The maximum Gasteiger partial charge on any atom is 0.261 e. The largest absolute Gasteiger partial charge is 0.484 e. The summed E-state index contributed by atoms with van der Waals surface area (Å²) in [4.78, 5) is 29.0. The third kappa shape index (κ3) is 8.23. The van der Waals surface area contributed by atoms with Crippen LogP contribution in [0.25, 0.3) is 0 Å². The summed E-state index contributed by atoms with van der Waals surface area (Å²) in [6.07, 6.45) is 0.313. The number of carbonyl (C=O) groups is 2. The van der Waals surface area contributed by atoms with Gasteiger partial charge >= 0.3 is 0 Å². The van der Waals surface area contributed by atoms with Crippen molar-refractivity contribution in [2.24, 2.45) is 0 Å². The molecule has 0 aromatic heterocycles. The van der Waals surface area contributed by atoms with Gasteiger partial charge < -0.3 is 15.0 Å². The Morgan fingerprint density at radius 3 is 2.11 bits per heavy atom. The van der Waals surface area contributed by atoms with Crippen LogP contribution in [0.4, 0.5) is 0 Å². The van der Waals surface area contributed by atoms with E-state index in [0.717, 1.165) is 21.2 Å². The highest BCUT2D eigenvalue weighted by molar-refractivity contribution is 9.10. The second kappa shape index (κ2) is 13.0. The van der Waals surface area contributed by atoms with Gasteiger partial charge in [-0.2, -0.15) is 0 Å². The van der Waals surface area contributed by atoms with Gasteiger partial charge in [-0.25, -0.2) is 0 Å². The Morgan fingerprint density at radius 1 is 0.974 bits per heavy atom. The smallest absolute Gasteiger partial charge is 0.261 e. The van der Waals surface area contributed by atoms with Crippen LogP contribution in [-0.4, -0.2) is 34.9 Å². The summed E-state index contributed by atoms with van der Waals surface area (Å²) in [5.41, 5.74) is 2.99. The van der Waals surface area contributed by atoms with Gasteiger partial charge in [0.25, 0.3) is 5.91 Å². The molecule has 0 bridgehead atoms. The summed E-state index contributed by atoms with van der Waals surface area (Å²) in [7, 11) is 0.